The van der Waals surface area contributed by atoms with E-state index in [1.54, 1.807) is 42.2 Å². The van der Waals surface area contributed by atoms with E-state index >= 15 is 0 Å². The van der Waals surface area contributed by atoms with Crippen molar-refractivity contribution in [1.29, 1.82) is 0 Å². The SMILES string of the molecule is COc1ccc(OC)c(C2c3cccn3-c3ccccc3N2C(=O)CN(C(=O)c2ccc(Cl)cc2Cl)C2CC2)c1. The second-order valence-corrected chi connectivity index (χ2v) is 10.7. The molecule has 0 bridgehead atoms. The van der Waals surface area contributed by atoms with Gasteiger partial charge in [0.15, 0.2) is 0 Å². The summed E-state index contributed by atoms with van der Waals surface area (Å²) in [5.74, 6) is 0.757. The minimum absolute atomic E-state index is 0.0307. The first-order valence-electron chi connectivity index (χ1n) is 13.0. The van der Waals surface area contributed by atoms with Crippen LogP contribution in [0, 0.1) is 0 Å². The lowest BCUT2D eigenvalue weighted by atomic mass is 9.96. The summed E-state index contributed by atoms with van der Waals surface area (Å²) in [6, 6.07) is 21.5. The Hall–Kier alpha value is -3.94. The van der Waals surface area contributed by atoms with Crippen LogP contribution in [0.1, 0.15) is 40.5 Å². The Bertz CT molecular complexity index is 1610. The summed E-state index contributed by atoms with van der Waals surface area (Å²) < 4.78 is 13.4. The minimum Gasteiger partial charge on any atom is -0.497 e. The summed E-state index contributed by atoms with van der Waals surface area (Å²) in [6.07, 6.45) is 3.64. The first-order chi connectivity index (χ1) is 19.4. The van der Waals surface area contributed by atoms with Crippen LogP contribution in [-0.4, -0.2) is 48.1 Å². The fraction of sp³-hybridized carbons (Fsp3) is 0.226. The van der Waals surface area contributed by atoms with Crippen molar-refractivity contribution in [2.24, 2.45) is 0 Å². The highest BCUT2D eigenvalue weighted by atomic mass is 35.5. The number of amides is 2. The van der Waals surface area contributed by atoms with Gasteiger partial charge in [0.05, 0.1) is 41.9 Å². The van der Waals surface area contributed by atoms with Crippen molar-refractivity contribution in [3.63, 3.8) is 0 Å². The average molecular weight is 576 g/mol. The number of carbonyl (C=O) groups is 2. The Morgan fingerprint density at radius 3 is 2.40 bits per heavy atom. The van der Waals surface area contributed by atoms with E-state index in [2.05, 4.69) is 4.57 Å². The van der Waals surface area contributed by atoms with Crippen LogP contribution in [0.5, 0.6) is 11.5 Å². The molecule has 7 nitrogen and oxygen atoms in total. The number of anilines is 1. The van der Waals surface area contributed by atoms with Crippen molar-refractivity contribution in [2.45, 2.75) is 24.9 Å². The maximum Gasteiger partial charge on any atom is 0.256 e. The van der Waals surface area contributed by atoms with E-state index in [1.807, 2.05) is 60.8 Å². The molecule has 0 saturated heterocycles. The number of benzene rings is 3. The lowest BCUT2D eigenvalue weighted by Crippen LogP contribution is -2.47. The zero-order valence-corrected chi connectivity index (χ0v) is 23.5. The lowest BCUT2D eigenvalue weighted by molar-refractivity contribution is -0.119. The topological polar surface area (TPSA) is 64.0 Å². The summed E-state index contributed by atoms with van der Waals surface area (Å²) >= 11 is 12.5. The molecule has 204 valence electrons. The van der Waals surface area contributed by atoms with Gasteiger partial charge >= 0.3 is 0 Å². The van der Waals surface area contributed by atoms with Crippen molar-refractivity contribution in [2.75, 3.05) is 25.7 Å². The van der Waals surface area contributed by atoms with Gasteiger partial charge in [0, 0.05) is 22.8 Å². The number of halogens is 2. The first-order valence-corrected chi connectivity index (χ1v) is 13.7. The predicted molar refractivity (Wildman–Crippen MR) is 155 cm³/mol. The maximum atomic E-state index is 14.4. The smallest absolute Gasteiger partial charge is 0.256 e. The Morgan fingerprint density at radius 1 is 0.925 bits per heavy atom. The van der Waals surface area contributed by atoms with E-state index in [-0.39, 0.29) is 29.4 Å². The molecule has 9 heteroatoms. The highest BCUT2D eigenvalue weighted by molar-refractivity contribution is 6.36. The molecule has 3 aromatic carbocycles. The molecular weight excluding hydrogens is 549 g/mol. The van der Waals surface area contributed by atoms with E-state index in [9.17, 15) is 9.59 Å². The number of para-hydroxylation sites is 2. The van der Waals surface area contributed by atoms with E-state index in [0.29, 0.717) is 22.1 Å². The van der Waals surface area contributed by atoms with Crippen LogP contribution in [0.15, 0.2) is 79.0 Å². The molecule has 2 amide bonds. The number of nitrogens with zero attached hydrogens (tertiary/aromatic N) is 3. The van der Waals surface area contributed by atoms with Crippen molar-refractivity contribution in [1.82, 2.24) is 9.47 Å². The molecule has 0 spiro atoms. The molecule has 1 atom stereocenters. The molecule has 1 fully saturated rings. The summed E-state index contributed by atoms with van der Waals surface area (Å²) in [7, 11) is 3.21. The second kappa shape index (κ2) is 10.6. The molecule has 6 rings (SSSR count). The third-order valence-electron chi connectivity index (χ3n) is 7.44. The van der Waals surface area contributed by atoms with Gasteiger partial charge in [-0.25, -0.2) is 0 Å². The highest BCUT2D eigenvalue weighted by Gasteiger charge is 2.41. The van der Waals surface area contributed by atoms with Gasteiger partial charge < -0.3 is 18.9 Å². The monoisotopic (exact) mass is 575 g/mol. The molecule has 1 aliphatic carbocycles. The molecule has 1 saturated carbocycles. The Kier molecular flexibility index (Phi) is 6.94. The quantitative estimate of drug-likeness (QED) is 0.251. The number of rotatable bonds is 7. The van der Waals surface area contributed by atoms with Crippen molar-refractivity contribution < 1.29 is 19.1 Å². The molecule has 2 aliphatic rings. The van der Waals surface area contributed by atoms with Gasteiger partial charge in [-0.05, 0) is 73.5 Å². The number of ether oxygens (including phenoxy) is 2. The maximum absolute atomic E-state index is 14.4. The summed E-state index contributed by atoms with van der Waals surface area (Å²) in [5, 5.41) is 0.703. The molecule has 2 heterocycles. The third-order valence-corrected chi connectivity index (χ3v) is 7.98. The molecule has 1 aliphatic heterocycles. The number of aromatic nitrogens is 1. The van der Waals surface area contributed by atoms with Crippen LogP contribution in [0.4, 0.5) is 5.69 Å². The van der Waals surface area contributed by atoms with Gasteiger partial charge in [-0.3, -0.25) is 14.5 Å². The van der Waals surface area contributed by atoms with Gasteiger partial charge in [-0.2, -0.15) is 0 Å². The zero-order valence-electron chi connectivity index (χ0n) is 22.0. The number of methoxy groups -OCH3 is 2. The Labute approximate surface area is 242 Å². The standard InChI is InChI=1S/C31H27Cl2N3O4/c1-39-21-12-14-28(40-2)23(17-21)30-27-8-5-15-34(27)25-6-3-4-7-26(25)36(30)29(37)18-35(20-10-11-20)31(38)22-13-9-19(32)16-24(22)33/h3-9,12-17,20,30H,10-11,18H2,1-2H3. The number of fused-ring (bicyclic) bond motifs is 3. The van der Waals surface area contributed by atoms with Gasteiger partial charge in [-0.1, -0.05) is 35.3 Å². The first kappa shape index (κ1) is 26.3. The van der Waals surface area contributed by atoms with Gasteiger partial charge in [0.1, 0.15) is 24.1 Å². The number of hydrogen-bond acceptors (Lipinski definition) is 4. The van der Waals surface area contributed by atoms with Crippen LogP contribution in [0.25, 0.3) is 5.69 Å². The summed E-state index contributed by atoms with van der Waals surface area (Å²) in [4.78, 5) is 31.6. The predicted octanol–water partition coefficient (Wildman–Crippen LogP) is 6.54. The van der Waals surface area contributed by atoms with Gasteiger partial charge in [0.2, 0.25) is 5.91 Å². The number of hydrogen-bond donors (Lipinski definition) is 0. The second-order valence-electron chi connectivity index (χ2n) is 9.85. The normalized spacial score (nSPS) is 15.7. The molecule has 4 aromatic rings. The highest BCUT2D eigenvalue weighted by Crippen LogP contribution is 2.46. The summed E-state index contributed by atoms with van der Waals surface area (Å²) in [5.41, 5.74) is 3.60. The van der Waals surface area contributed by atoms with Gasteiger partial charge in [0.25, 0.3) is 5.91 Å². The van der Waals surface area contributed by atoms with E-state index in [0.717, 1.165) is 35.5 Å². The molecule has 0 N–H and O–H groups in total. The van der Waals surface area contributed by atoms with E-state index in [4.69, 9.17) is 32.7 Å². The largest absolute Gasteiger partial charge is 0.497 e. The third kappa shape index (κ3) is 4.59. The van der Waals surface area contributed by atoms with Gasteiger partial charge in [-0.15, -0.1) is 0 Å². The lowest BCUT2D eigenvalue weighted by Gasteiger charge is -2.40. The van der Waals surface area contributed by atoms with E-state index < -0.39 is 6.04 Å². The Balaban J connectivity index is 1.45. The molecule has 1 aromatic heterocycles. The fourth-order valence-corrected chi connectivity index (χ4v) is 5.89. The summed E-state index contributed by atoms with van der Waals surface area (Å²) in [6.45, 7) is -0.111. The van der Waals surface area contributed by atoms with Crippen LogP contribution in [0.2, 0.25) is 10.0 Å². The Morgan fingerprint density at radius 2 is 1.70 bits per heavy atom. The van der Waals surface area contributed by atoms with E-state index in [1.165, 1.54) is 0 Å². The van der Waals surface area contributed by atoms with Crippen molar-refractivity contribution >= 4 is 40.7 Å². The van der Waals surface area contributed by atoms with Crippen LogP contribution in [-0.2, 0) is 4.79 Å². The fourth-order valence-electron chi connectivity index (χ4n) is 5.40. The van der Waals surface area contributed by atoms with Crippen LogP contribution < -0.4 is 14.4 Å². The minimum atomic E-state index is -0.530. The molecule has 0 radical (unpaired) electrons. The van der Waals surface area contributed by atoms with Crippen molar-refractivity contribution in [3.8, 4) is 17.2 Å². The zero-order chi connectivity index (χ0) is 28.0. The molecule has 40 heavy (non-hydrogen) atoms. The average Bonchev–Trinajstić information content (AvgIpc) is 3.69. The number of carbonyl (C=O) groups excluding carboxylic acids is 2. The van der Waals surface area contributed by atoms with Crippen molar-refractivity contribution in [3.05, 3.63) is 106 Å². The molecule has 1 unspecified atom stereocenters. The molecular formula is C31H27Cl2N3O4. The van der Waals surface area contributed by atoms with Crippen LogP contribution in [0.3, 0.4) is 0 Å². The van der Waals surface area contributed by atoms with Crippen LogP contribution >= 0.6 is 23.2 Å².